The summed E-state index contributed by atoms with van der Waals surface area (Å²) in [6.07, 6.45) is 5.00. The molecule has 0 aromatic carbocycles. The van der Waals surface area contributed by atoms with Gasteiger partial charge in [0.25, 0.3) is 0 Å². The molecule has 1 amide bonds. The molecule has 0 aromatic heterocycles. The number of amides is 1. The van der Waals surface area contributed by atoms with E-state index in [1.54, 1.807) is 0 Å². The molecule has 2 N–H and O–H groups in total. The molecule has 2 nitrogen and oxygen atoms in total. The summed E-state index contributed by atoms with van der Waals surface area (Å²) in [7, 11) is 0. The molecular weight excluding hydrogens is 631 g/mol. The van der Waals surface area contributed by atoms with Gasteiger partial charge in [0.1, 0.15) is 0 Å². The SMILES string of the molecule is C.C.C.C.C.C.CC.CC.CC.CC.CC.CC.CC.CC.CC.CC.CC.CC.CC.CC.CC.CC(N)=O.CCC.CCC.CCC.CCC. The minimum absolute atomic E-state index is 0. The summed E-state index contributed by atoms with van der Waals surface area (Å²) in [6.45, 7) is 78.3. The zero-order chi connectivity index (χ0) is 44.4. The van der Waals surface area contributed by atoms with Crippen molar-refractivity contribution in [1.82, 2.24) is 0 Å². The highest BCUT2D eigenvalue weighted by Gasteiger charge is 1.61. The number of nitrogens with two attached hydrogens (primary N) is 1. The average molecular weight is 783 g/mol. The number of hydrogen-bond acceptors (Lipinski definition) is 1. The average Bonchev–Trinajstić information content (AvgIpc) is 3.18. The van der Waals surface area contributed by atoms with Crippen LogP contribution in [0.5, 0.6) is 0 Å². The van der Waals surface area contributed by atoms with Crippen LogP contribution in [-0.4, -0.2) is 5.91 Å². The van der Waals surface area contributed by atoms with Crippen LogP contribution in [-0.2, 0) is 4.79 Å². The van der Waals surface area contributed by atoms with E-state index in [1.807, 2.05) is 208 Å². The van der Waals surface area contributed by atoms with Gasteiger partial charge in [-0.05, 0) is 0 Å². The van der Waals surface area contributed by atoms with Crippen LogP contribution < -0.4 is 5.73 Å². The molecule has 0 aliphatic heterocycles. The third-order valence-corrected chi connectivity index (χ3v) is 0. The third-order valence-electron chi connectivity index (χ3n) is 0. The molecule has 0 heterocycles. The van der Waals surface area contributed by atoms with Crippen LogP contribution in [0, 0.1) is 0 Å². The summed E-state index contributed by atoms with van der Waals surface area (Å²) in [5.74, 6) is -0.333. The van der Waals surface area contributed by atoms with Gasteiger partial charge in [-0.25, -0.2) is 0 Å². The van der Waals surface area contributed by atoms with Gasteiger partial charge in [-0.2, -0.15) is 0 Å². The fourth-order valence-electron chi connectivity index (χ4n) is 0. The van der Waals surface area contributed by atoms with Gasteiger partial charge >= 0.3 is 0 Å². The molecule has 0 saturated heterocycles. The number of primary amides is 1. The van der Waals surface area contributed by atoms with Gasteiger partial charge in [0, 0.05) is 6.92 Å². The fraction of sp³-hybridized carbons (Fsp3) is 0.980. The highest BCUT2D eigenvalue weighted by atomic mass is 16.1. The lowest BCUT2D eigenvalue weighted by atomic mass is 10.6. The van der Waals surface area contributed by atoms with Crippen LogP contribution in [0.15, 0.2) is 0 Å². The molecule has 2 heteroatoms. The van der Waals surface area contributed by atoms with Gasteiger partial charge in [-0.3, -0.25) is 4.79 Å². The Labute approximate surface area is 355 Å². The van der Waals surface area contributed by atoms with Crippen molar-refractivity contribution in [3.63, 3.8) is 0 Å². The molecule has 0 unspecified atom stereocenters. The predicted molar refractivity (Wildman–Crippen MR) is 289 cm³/mol. The smallest absolute Gasteiger partial charge is 0.214 e. The van der Waals surface area contributed by atoms with E-state index in [0.717, 1.165) is 0 Å². The largest absolute Gasteiger partial charge is 0.370 e. The quantitative estimate of drug-likeness (QED) is 0.261. The van der Waals surface area contributed by atoms with Crippen LogP contribution in [0.3, 0.4) is 0 Å². The van der Waals surface area contributed by atoms with E-state index in [1.165, 1.54) is 32.6 Å². The van der Waals surface area contributed by atoms with E-state index in [4.69, 9.17) is 0 Å². The van der Waals surface area contributed by atoms with Crippen molar-refractivity contribution in [3.8, 4) is 0 Å². The van der Waals surface area contributed by atoms with Crippen LogP contribution in [0.2, 0.25) is 0 Å². The van der Waals surface area contributed by atoms with Crippen LogP contribution in [0.4, 0.5) is 0 Å². The van der Waals surface area contributed by atoms with Crippen molar-refractivity contribution in [2.75, 3.05) is 0 Å². The summed E-state index contributed by atoms with van der Waals surface area (Å²) in [4.78, 5) is 9.22. The molecule has 0 bridgehead atoms. The normalized spacial score (nSPS) is 3.60. The second-order valence-electron chi connectivity index (χ2n) is 3.44. The van der Waals surface area contributed by atoms with E-state index in [-0.39, 0.29) is 50.5 Å². The monoisotopic (exact) mass is 782 g/mol. The van der Waals surface area contributed by atoms with Crippen molar-refractivity contribution < 1.29 is 4.79 Å². The van der Waals surface area contributed by atoms with Crippen molar-refractivity contribution in [3.05, 3.63) is 0 Å². The van der Waals surface area contributed by atoms with E-state index in [9.17, 15) is 4.79 Å². The van der Waals surface area contributed by atoms with E-state index in [0.29, 0.717) is 0 Å². The lowest BCUT2D eigenvalue weighted by molar-refractivity contribution is -0.115. The Hall–Kier alpha value is -0.530. The maximum atomic E-state index is 9.22. The van der Waals surface area contributed by atoms with E-state index in [2.05, 4.69) is 61.1 Å². The first kappa shape index (κ1) is 202. The summed E-state index contributed by atoms with van der Waals surface area (Å²) in [5, 5.41) is 0. The molecule has 0 aromatic rings. The summed E-state index contributed by atoms with van der Waals surface area (Å²) in [6, 6.07) is 0. The van der Waals surface area contributed by atoms with Gasteiger partial charge in [-0.1, -0.05) is 333 Å². The molecule has 0 radical (unpaired) electrons. The van der Waals surface area contributed by atoms with Crippen molar-refractivity contribution in [2.45, 2.75) is 340 Å². The van der Waals surface area contributed by atoms with Crippen molar-refractivity contribution in [1.29, 1.82) is 0 Å². The van der Waals surface area contributed by atoms with Crippen molar-refractivity contribution in [2.24, 2.45) is 5.73 Å². The lowest BCUT2D eigenvalue weighted by Crippen LogP contribution is -2.01. The zero-order valence-electron chi connectivity index (χ0n) is 43.3. The van der Waals surface area contributed by atoms with Gasteiger partial charge in [0.2, 0.25) is 5.91 Å². The Morgan fingerprint density at radius 2 is 0.250 bits per heavy atom. The van der Waals surface area contributed by atoms with Gasteiger partial charge < -0.3 is 5.73 Å². The highest BCUT2D eigenvalue weighted by Crippen LogP contribution is 1.57. The molecule has 0 rings (SSSR count). The molecular formula is C50H151NO. The molecule has 0 aliphatic rings. The summed E-state index contributed by atoms with van der Waals surface area (Å²) >= 11 is 0. The maximum absolute atomic E-state index is 9.22. The standard InChI is InChI=1S/4C3H8.C2H5NO.15C2H6.6CH4/c4*1-3-2;1-2(3)4;15*1-2;;;;;;/h4*3H2,1-2H3;1H3,(H2,3,4);15*1-2H3;6*1H4. The Kier molecular flexibility index (Phi) is 11500. The van der Waals surface area contributed by atoms with E-state index < -0.39 is 0 Å². The molecule has 362 valence electrons. The second-order valence-corrected chi connectivity index (χ2v) is 3.44. The summed E-state index contributed by atoms with van der Waals surface area (Å²) < 4.78 is 0. The first-order chi connectivity index (χ1) is 22.4. The molecule has 0 saturated carbocycles. The van der Waals surface area contributed by atoms with E-state index >= 15 is 0 Å². The zero-order valence-corrected chi connectivity index (χ0v) is 43.3. The number of carbonyl (C=O) groups is 1. The first-order valence-corrected chi connectivity index (χ1v) is 21.6. The van der Waals surface area contributed by atoms with Crippen LogP contribution >= 0.6 is 0 Å². The number of rotatable bonds is 0. The minimum Gasteiger partial charge on any atom is -0.370 e. The number of hydrogen-bond donors (Lipinski definition) is 1. The fourth-order valence-corrected chi connectivity index (χ4v) is 0. The molecule has 0 fully saturated rings. The molecule has 0 spiro atoms. The molecule has 0 aliphatic carbocycles. The second kappa shape index (κ2) is 2950. The minimum atomic E-state index is -0.333. The maximum Gasteiger partial charge on any atom is 0.214 e. The lowest BCUT2D eigenvalue weighted by Gasteiger charge is -1.60. The Morgan fingerprint density at radius 3 is 0.250 bits per heavy atom. The Balaban J connectivity index is -0.00000000570. The molecule has 0 atom stereocenters. The van der Waals surface area contributed by atoms with Crippen LogP contribution in [0.25, 0.3) is 0 Å². The Morgan fingerprint density at radius 1 is 0.250 bits per heavy atom. The third kappa shape index (κ3) is 414000. The highest BCUT2D eigenvalue weighted by molar-refractivity contribution is 5.70. The van der Waals surface area contributed by atoms with Gasteiger partial charge in [-0.15, -0.1) is 0 Å². The first-order valence-electron chi connectivity index (χ1n) is 21.6. The predicted octanol–water partition coefficient (Wildman–Crippen LogP) is 24.4. The van der Waals surface area contributed by atoms with Gasteiger partial charge in [0.05, 0.1) is 0 Å². The topological polar surface area (TPSA) is 43.1 Å². The van der Waals surface area contributed by atoms with Crippen LogP contribution in [0.1, 0.15) is 340 Å². The Bertz CT molecular complexity index is 64.7. The van der Waals surface area contributed by atoms with Gasteiger partial charge in [0.15, 0.2) is 0 Å². The number of carbonyl (C=O) groups excluding carboxylic acids is 1. The summed E-state index contributed by atoms with van der Waals surface area (Å²) in [5.41, 5.74) is 4.47. The van der Waals surface area contributed by atoms with Crippen molar-refractivity contribution >= 4 is 5.91 Å². The molecule has 52 heavy (non-hydrogen) atoms.